The lowest BCUT2D eigenvalue weighted by Crippen LogP contribution is -2.32. The average molecular weight is 420 g/mol. The number of alkyl halides is 3. The van der Waals surface area contributed by atoms with E-state index in [1.807, 2.05) is 0 Å². The summed E-state index contributed by atoms with van der Waals surface area (Å²) in [4.78, 5) is 12.1. The van der Waals surface area contributed by atoms with Gasteiger partial charge in [-0.1, -0.05) is 29.8 Å². The van der Waals surface area contributed by atoms with Crippen LogP contribution in [0.15, 0.2) is 48.5 Å². The molecule has 0 bridgehead atoms. The summed E-state index contributed by atoms with van der Waals surface area (Å²) in [6.07, 6.45) is -4.50. The van der Waals surface area contributed by atoms with Crippen LogP contribution in [0.5, 0.6) is 5.75 Å². The second-order valence-electron chi connectivity index (χ2n) is 5.66. The van der Waals surface area contributed by atoms with Gasteiger partial charge in [0.25, 0.3) is 0 Å². The van der Waals surface area contributed by atoms with Crippen LogP contribution < -0.4 is 9.61 Å². The molecule has 9 heteroatoms. The van der Waals surface area contributed by atoms with Gasteiger partial charge in [-0.05, 0) is 37.3 Å². The topological polar surface area (TPSA) is 47.6 Å². The molecule has 0 saturated carbocycles. The molecule has 146 valence electrons. The van der Waals surface area contributed by atoms with E-state index in [0.717, 1.165) is 6.07 Å². The van der Waals surface area contributed by atoms with E-state index in [-0.39, 0.29) is 5.56 Å². The van der Waals surface area contributed by atoms with E-state index in [1.165, 1.54) is 18.2 Å². The van der Waals surface area contributed by atoms with E-state index in [1.54, 1.807) is 37.9 Å². The fourth-order valence-electron chi connectivity index (χ4n) is 2.20. The monoisotopic (exact) mass is 419 g/mol. The van der Waals surface area contributed by atoms with Gasteiger partial charge in [0.05, 0.1) is 5.56 Å². The maximum atomic E-state index is 13.0. The van der Waals surface area contributed by atoms with Gasteiger partial charge in [0.15, 0.2) is 8.30 Å². The molecule has 4 nitrogen and oxygen atoms in total. The number of carbonyl (C=O) groups is 1. The van der Waals surface area contributed by atoms with Crippen LogP contribution >= 0.6 is 19.9 Å². The minimum Gasteiger partial charge on any atom is -0.460 e. The van der Waals surface area contributed by atoms with Crippen molar-refractivity contribution in [1.29, 1.82) is 0 Å². The van der Waals surface area contributed by atoms with Crippen molar-refractivity contribution in [3.63, 3.8) is 0 Å². The Morgan fingerprint density at radius 3 is 2.44 bits per heavy atom. The van der Waals surface area contributed by atoms with Gasteiger partial charge in [-0.2, -0.15) is 13.2 Å². The van der Waals surface area contributed by atoms with Crippen LogP contribution in [0.1, 0.15) is 18.1 Å². The molecule has 0 radical (unpaired) electrons. The fourth-order valence-corrected chi connectivity index (χ4v) is 3.47. The molecule has 2 atom stereocenters. The number of esters is 1. The molecule has 2 rings (SSSR count). The first-order chi connectivity index (χ1) is 12.7. The van der Waals surface area contributed by atoms with Gasteiger partial charge in [0.1, 0.15) is 18.4 Å². The molecule has 0 aliphatic carbocycles. The van der Waals surface area contributed by atoms with Crippen molar-refractivity contribution in [2.75, 3.05) is 6.66 Å². The van der Waals surface area contributed by atoms with Crippen LogP contribution in [0.4, 0.5) is 13.2 Å². The predicted octanol–water partition coefficient (Wildman–Crippen LogP) is 5.40. The summed E-state index contributed by atoms with van der Waals surface area (Å²) in [5.41, 5.74) is -0.913. The Hall–Kier alpha value is -1.82. The number of halogens is 4. The molecule has 0 saturated heterocycles. The maximum absolute atomic E-state index is 13.0. The summed E-state index contributed by atoms with van der Waals surface area (Å²) in [5.74, 6) is -0.0822. The van der Waals surface area contributed by atoms with Gasteiger partial charge in [0, 0.05) is 17.3 Å². The van der Waals surface area contributed by atoms with Crippen molar-refractivity contribution < 1.29 is 27.2 Å². The zero-order valence-electron chi connectivity index (χ0n) is 14.6. The second-order valence-corrected chi connectivity index (χ2v) is 7.53. The Morgan fingerprint density at radius 1 is 1.19 bits per heavy atom. The normalized spacial score (nSPS) is 13.7. The molecule has 0 heterocycles. The number of hydrogen-bond donors (Lipinski definition) is 1. The number of nitrogens with one attached hydrogen (secondary N) is 1. The number of ether oxygens (including phenoxy) is 1. The van der Waals surface area contributed by atoms with Crippen molar-refractivity contribution in [1.82, 2.24) is 5.09 Å². The van der Waals surface area contributed by atoms with Gasteiger partial charge in [0.2, 0.25) is 0 Å². The van der Waals surface area contributed by atoms with Crippen LogP contribution in [0.2, 0.25) is 5.02 Å². The van der Waals surface area contributed by atoms with E-state index < -0.39 is 38.7 Å². The van der Waals surface area contributed by atoms with E-state index >= 15 is 0 Å². The van der Waals surface area contributed by atoms with Gasteiger partial charge >= 0.3 is 12.1 Å². The molecule has 0 spiro atoms. The molecule has 0 aliphatic heterocycles. The van der Waals surface area contributed by atoms with Crippen LogP contribution in [-0.4, -0.2) is 18.7 Å². The van der Waals surface area contributed by atoms with Crippen LogP contribution in [0, 0.1) is 0 Å². The number of benzene rings is 2. The highest BCUT2D eigenvalue weighted by molar-refractivity contribution is 7.49. The molecular weight excluding hydrogens is 402 g/mol. The minimum atomic E-state index is -4.50. The van der Waals surface area contributed by atoms with Crippen molar-refractivity contribution in [2.24, 2.45) is 0 Å². The average Bonchev–Trinajstić information content (AvgIpc) is 2.61. The molecule has 2 aromatic carbocycles. The lowest BCUT2D eigenvalue weighted by Gasteiger charge is -2.20. The molecule has 0 aromatic heterocycles. The Morgan fingerprint density at radius 2 is 1.81 bits per heavy atom. The molecule has 1 N–H and O–H groups in total. The molecule has 0 aliphatic rings. The van der Waals surface area contributed by atoms with E-state index in [9.17, 15) is 18.0 Å². The number of rotatable bonds is 7. The van der Waals surface area contributed by atoms with Crippen LogP contribution in [0.3, 0.4) is 0 Å². The number of carbonyl (C=O) groups excluding carboxylic acids is 1. The first-order valence-corrected chi connectivity index (χ1v) is 10.0. The van der Waals surface area contributed by atoms with Crippen molar-refractivity contribution >= 4 is 25.9 Å². The van der Waals surface area contributed by atoms with Crippen LogP contribution in [-0.2, 0) is 22.3 Å². The van der Waals surface area contributed by atoms with Crippen LogP contribution in [0.25, 0.3) is 0 Å². The summed E-state index contributed by atoms with van der Waals surface area (Å²) in [6.45, 7) is 2.86. The lowest BCUT2D eigenvalue weighted by molar-refractivity contribution is -0.149. The second kappa shape index (κ2) is 9.40. The summed E-state index contributed by atoms with van der Waals surface area (Å²) in [5, 5.41) is 3.51. The minimum absolute atomic E-state index is 0.0956. The highest BCUT2D eigenvalue weighted by Gasteiger charge is 2.33. The zero-order valence-corrected chi connectivity index (χ0v) is 16.2. The summed E-state index contributed by atoms with van der Waals surface area (Å²) < 4.78 is 49.6. The Labute approximate surface area is 161 Å². The quantitative estimate of drug-likeness (QED) is 0.482. The van der Waals surface area contributed by atoms with Gasteiger partial charge < -0.3 is 9.26 Å². The van der Waals surface area contributed by atoms with Crippen molar-refractivity contribution in [2.45, 2.75) is 25.7 Å². The third-order valence-corrected chi connectivity index (χ3v) is 4.97. The smallest absolute Gasteiger partial charge is 0.416 e. The van der Waals surface area contributed by atoms with Gasteiger partial charge in [-0.3, -0.25) is 9.88 Å². The maximum Gasteiger partial charge on any atom is 0.416 e. The highest BCUT2D eigenvalue weighted by atomic mass is 35.5. The Bertz CT molecular complexity index is 771. The lowest BCUT2D eigenvalue weighted by atomic mass is 10.1. The Balaban J connectivity index is 1.88. The van der Waals surface area contributed by atoms with Gasteiger partial charge in [-0.15, -0.1) is 0 Å². The SMILES string of the molecule is C[C@H](NP(C)Oc1ccc(Cl)cc1)C(=O)OCc1ccccc1C(F)(F)F. The first kappa shape index (κ1) is 21.5. The standard InChI is InChI=1S/C18H18ClF3NO3P/c1-12(23-27(2)26-15-9-7-14(19)8-10-15)17(24)25-11-13-5-3-4-6-16(13)18(20,21)22/h3-10,12,23H,11H2,1-2H3/t12-,27?/m0/s1. The van der Waals surface area contributed by atoms with Crippen molar-refractivity contribution in [3.8, 4) is 5.75 Å². The summed E-state index contributed by atoms with van der Waals surface area (Å²) in [7, 11) is -1.20. The fraction of sp³-hybridized carbons (Fsp3) is 0.278. The first-order valence-electron chi connectivity index (χ1n) is 7.92. The molecule has 0 fully saturated rings. The van der Waals surface area contributed by atoms with Crippen molar-refractivity contribution in [3.05, 3.63) is 64.7 Å². The van der Waals surface area contributed by atoms with E-state index in [2.05, 4.69) is 5.09 Å². The zero-order chi connectivity index (χ0) is 20.0. The Kier molecular flexibility index (Phi) is 7.48. The molecule has 1 unspecified atom stereocenters. The van der Waals surface area contributed by atoms with Gasteiger partial charge in [-0.25, -0.2) is 0 Å². The third-order valence-electron chi connectivity index (χ3n) is 3.48. The van der Waals surface area contributed by atoms with E-state index in [4.69, 9.17) is 20.9 Å². The molecular formula is C18H18ClF3NO3P. The molecule has 0 amide bonds. The number of hydrogen-bond acceptors (Lipinski definition) is 4. The third kappa shape index (κ3) is 6.69. The summed E-state index contributed by atoms with van der Waals surface area (Å²) in [6, 6.07) is 11.0. The highest BCUT2D eigenvalue weighted by Crippen LogP contribution is 2.33. The van der Waals surface area contributed by atoms with E-state index in [0.29, 0.717) is 10.8 Å². The predicted molar refractivity (Wildman–Crippen MR) is 98.8 cm³/mol. The molecule has 2 aromatic rings. The molecule has 27 heavy (non-hydrogen) atoms. The largest absolute Gasteiger partial charge is 0.460 e. The summed E-state index contributed by atoms with van der Waals surface area (Å²) >= 11 is 5.80.